The van der Waals surface area contributed by atoms with Crippen molar-refractivity contribution < 1.29 is 9.84 Å². The summed E-state index contributed by atoms with van der Waals surface area (Å²) in [5.74, 6) is 0.709. The highest BCUT2D eigenvalue weighted by molar-refractivity contribution is 5.34. The van der Waals surface area contributed by atoms with Crippen LogP contribution in [-0.4, -0.2) is 14.9 Å². The quantitative estimate of drug-likeness (QED) is 0.877. The van der Waals surface area contributed by atoms with E-state index in [1.54, 1.807) is 6.92 Å². The molecule has 0 aliphatic carbocycles. The number of benzene rings is 1. The molecule has 4 nitrogen and oxygen atoms in total. The number of hydrogen-bond donors (Lipinski definition) is 1. The maximum atomic E-state index is 9.71. The summed E-state index contributed by atoms with van der Waals surface area (Å²) in [6.45, 7) is 6.43. The lowest BCUT2D eigenvalue weighted by Gasteiger charge is -2.12. The first-order chi connectivity index (χ1) is 9.61. The van der Waals surface area contributed by atoms with Crippen molar-refractivity contribution >= 4 is 0 Å². The first kappa shape index (κ1) is 14.6. The van der Waals surface area contributed by atoms with E-state index in [1.165, 1.54) is 0 Å². The van der Waals surface area contributed by atoms with E-state index in [9.17, 15) is 5.11 Å². The summed E-state index contributed by atoms with van der Waals surface area (Å²) < 4.78 is 7.73. The van der Waals surface area contributed by atoms with Gasteiger partial charge in [-0.05, 0) is 32.4 Å². The van der Waals surface area contributed by atoms with Crippen molar-refractivity contribution in [3.05, 3.63) is 47.8 Å². The van der Waals surface area contributed by atoms with Crippen molar-refractivity contribution in [2.24, 2.45) is 0 Å². The zero-order valence-electron chi connectivity index (χ0n) is 12.3. The van der Waals surface area contributed by atoms with Crippen LogP contribution < -0.4 is 4.74 Å². The summed E-state index contributed by atoms with van der Waals surface area (Å²) in [5, 5.41) is 14.2. The Bertz CT molecular complexity index is 549. The van der Waals surface area contributed by atoms with Gasteiger partial charge in [-0.15, -0.1) is 0 Å². The van der Waals surface area contributed by atoms with E-state index < -0.39 is 6.10 Å². The van der Waals surface area contributed by atoms with Crippen LogP contribution in [0.15, 0.2) is 36.5 Å². The van der Waals surface area contributed by atoms with Gasteiger partial charge >= 0.3 is 0 Å². The highest BCUT2D eigenvalue weighted by Crippen LogP contribution is 2.25. The number of hydrogen-bond acceptors (Lipinski definition) is 3. The fourth-order valence-corrected chi connectivity index (χ4v) is 2.00. The number of aromatic nitrogens is 2. The maximum absolute atomic E-state index is 9.71. The van der Waals surface area contributed by atoms with Gasteiger partial charge in [-0.2, -0.15) is 5.10 Å². The number of rotatable bonds is 6. The Balaban J connectivity index is 2.04. The minimum absolute atomic E-state index is 0.397. The van der Waals surface area contributed by atoms with Crippen LogP contribution >= 0.6 is 0 Å². The summed E-state index contributed by atoms with van der Waals surface area (Å²) in [4.78, 5) is 0. The number of ether oxygens (including phenoxy) is 1. The zero-order chi connectivity index (χ0) is 14.5. The Morgan fingerprint density at radius 1 is 1.25 bits per heavy atom. The minimum atomic E-state index is -0.538. The van der Waals surface area contributed by atoms with Gasteiger partial charge in [0, 0.05) is 17.8 Å². The van der Waals surface area contributed by atoms with Gasteiger partial charge in [0.15, 0.2) is 0 Å². The second kappa shape index (κ2) is 6.57. The van der Waals surface area contributed by atoms with Crippen LogP contribution in [0.5, 0.6) is 5.75 Å². The van der Waals surface area contributed by atoms with Crippen LogP contribution in [0.2, 0.25) is 0 Å². The molecule has 0 bridgehead atoms. The summed E-state index contributed by atoms with van der Waals surface area (Å²) >= 11 is 0. The Morgan fingerprint density at radius 2 is 2.00 bits per heavy atom. The van der Waals surface area contributed by atoms with Crippen molar-refractivity contribution in [1.29, 1.82) is 0 Å². The molecule has 2 rings (SSSR count). The summed E-state index contributed by atoms with van der Waals surface area (Å²) in [6, 6.07) is 9.90. The number of nitrogens with zero attached hydrogens (tertiary/aromatic N) is 2. The van der Waals surface area contributed by atoms with E-state index in [1.807, 2.05) is 41.2 Å². The Morgan fingerprint density at radius 3 is 2.70 bits per heavy atom. The molecule has 0 radical (unpaired) electrons. The molecule has 1 aromatic heterocycles. The first-order valence-electron chi connectivity index (χ1n) is 7.05. The third-order valence-corrected chi connectivity index (χ3v) is 3.45. The summed E-state index contributed by atoms with van der Waals surface area (Å²) in [6.07, 6.45) is 2.49. The molecule has 2 aromatic rings. The molecule has 20 heavy (non-hydrogen) atoms. The summed E-state index contributed by atoms with van der Waals surface area (Å²) in [5.41, 5.74) is 1.69. The predicted octanol–water partition coefficient (Wildman–Crippen LogP) is 3.49. The molecule has 0 amide bonds. The third kappa shape index (κ3) is 3.39. The van der Waals surface area contributed by atoms with E-state index in [-0.39, 0.29) is 0 Å². The molecule has 0 aliphatic heterocycles. The molecule has 1 heterocycles. The molecule has 0 saturated heterocycles. The van der Waals surface area contributed by atoms with E-state index in [4.69, 9.17) is 4.74 Å². The fraction of sp³-hybridized carbons (Fsp3) is 0.438. The lowest BCUT2D eigenvalue weighted by atomic mass is 10.1. The van der Waals surface area contributed by atoms with Crippen molar-refractivity contribution in [1.82, 2.24) is 9.78 Å². The van der Waals surface area contributed by atoms with E-state index in [0.29, 0.717) is 18.4 Å². The second-order valence-corrected chi connectivity index (χ2v) is 5.05. The monoisotopic (exact) mass is 274 g/mol. The molecule has 1 N–H and O–H groups in total. The van der Waals surface area contributed by atoms with Crippen LogP contribution in [0, 0.1) is 0 Å². The smallest absolute Gasteiger partial charge is 0.132 e. The normalized spacial score (nSPS) is 14.0. The minimum Gasteiger partial charge on any atom is -0.487 e. The van der Waals surface area contributed by atoms with Crippen LogP contribution in [-0.2, 0) is 6.61 Å². The van der Waals surface area contributed by atoms with Gasteiger partial charge in [0.05, 0.1) is 11.8 Å². The van der Waals surface area contributed by atoms with Gasteiger partial charge in [-0.1, -0.05) is 25.1 Å². The third-order valence-electron chi connectivity index (χ3n) is 3.45. The average molecular weight is 274 g/mol. The van der Waals surface area contributed by atoms with Gasteiger partial charge in [0.1, 0.15) is 12.4 Å². The molecule has 108 valence electrons. The van der Waals surface area contributed by atoms with E-state index in [0.717, 1.165) is 17.7 Å². The van der Waals surface area contributed by atoms with Gasteiger partial charge in [-0.3, -0.25) is 4.68 Å². The highest BCUT2D eigenvalue weighted by Gasteiger charge is 2.09. The molecular weight excluding hydrogens is 252 g/mol. The molecule has 1 unspecified atom stereocenters. The molecule has 1 aromatic carbocycles. The van der Waals surface area contributed by atoms with Crippen LogP contribution in [0.4, 0.5) is 0 Å². The van der Waals surface area contributed by atoms with Crippen molar-refractivity contribution in [2.45, 2.75) is 45.9 Å². The molecule has 0 fully saturated rings. The van der Waals surface area contributed by atoms with Gasteiger partial charge in [-0.25, -0.2) is 0 Å². The molecule has 4 heteroatoms. The Hall–Kier alpha value is -1.81. The van der Waals surface area contributed by atoms with E-state index in [2.05, 4.69) is 18.9 Å². The second-order valence-electron chi connectivity index (χ2n) is 5.05. The maximum Gasteiger partial charge on any atom is 0.132 e. The molecule has 0 aliphatic rings. The topological polar surface area (TPSA) is 47.3 Å². The average Bonchev–Trinajstić information content (AvgIpc) is 2.93. The van der Waals surface area contributed by atoms with E-state index >= 15 is 0 Å². The van der Waals surface area contributed by atoms with Crippen molar-refractivity contribution in [3.63, 3.8) is 0 Å². The predicted molar refractivity (Wildman–Crippen MR) is 78.6 cm³/mol. The van der Waals surface area contributed by atoms with Crippen LogP contribution in [0.1, 0.15) is 50.6 Å². The number of aliphatic hydroxyl groups is 1. The van der Waals surface area contributed by atoms with Gasteiger partial charge in [0.25, 0.3) is 0 Å². The molecule has 0 spiro atoms. The Kier molecular flexibility index (Phi) is 4.79. The first-order valence-corrected chi connectivity index (χ1v) is 7.05. The summed E-state index contributed by atoms with van der Waals surface area (Å²) in [7, 11) is 0. The van der Waals surface area contributed by atoms with Crippen LogP contribution in [0.3, 0.4) is 0 Å². The molecule has 2 atom stereocenters. The fourth-order valence-electron chi connectivity index (χ4n) is 2.00. The zero-order valence-corrected chi connectivity index (χ0v) is 12.3. The lowest BCUT2D eigenvalue weighted by Crippen LogP contribution is -2.06. The number of aliphatic hydroxyl groups excluding tert-OH is 1. The van der Waals surface area contributed by atoms with Crippen LogP contribution in [0.25, 0.3) is 0 Å². The van der Waals surface area contributed by atoms with Gasteiger partial charge in [0.2, 0.25) is 0 Å². The lowest BCUT2D eigenvalue weighted by molar-refractivity contribution is 0.189. The number of para-hydroxylation sites is 1. The largest absolute Gasteiger partial charge is 0.487 e. The standard InChI is InChI=1S/C16H22N2O2/c1-4-12(2)18-10-9-14(17-18)11-20-16-8-6-5-7-15(16)13(3)19/h5-10,12-13,19H,4,11H2,1-3H3/t12?,13-/m0/s1. The Labute approximate surface area is 120 Å². The van der Waals surface area contributed by atoms with Crippen molar-refractivity contribution in [3.8, 4) is 5.75 Å². The SMILES string of the molecule is CCC(C)n1ccc(COc2ccccc2[C@H](C)O)n1. The molecule has 0 saturated carbocycles. The van der Waals surface area contributed by atoms with Crippen molar-refractivity contribution in [2.75, 3.05) is 0 Å². The van der Waals surface area contributed by atoms with Gasteiger partial charge < -0.3 is 9.84 Å². The molecular formula is C16H22N2O2. The highest BCUT2D eigenvalue weighted by atomic mass is 16.5.